The molecule has 0 atom stereocenters. The van der Waals surface area contributed by atoms with E-state index in [1.807, 2.05) is 17.5 Å². The molecule has 0 unspecified atom stereocenters. The first-order valence-corrected chi connectivity index (χ1v) is 6.95. The zero-order valence-corrected chi connectivity index (χ0v) is 11.0. The Hall–Kier alpha value is -1.46. The standard InChI is InChI=1S/C12H12N2OS2/c1-2-9-5-6-10(17-9)8-13-14-12(15)11-4-3-7-16-11/h3-8H,2H2,1H3,(H,14,15). The summed E-state index contributed by atoms with van der Waals surface area (Å²) in [7, 11) is 0. The fourth-order valence-corrected chi connectivity index (χ4v) is 2.71. The van der Waals surface area contributed by atoms with E-state index in [1.165, 1.54) is 16.2 Å². The normalized spacial score (nSPS) is 10.9. The summed E-state index contributed by atoms with van der Waals surface area (Å²) >= 11 is 3.09. The minimum atomic E-state index is -0.163. The van der Waals surface area contributed by atoms with Crippen molar-refractivity contribution in [1.82, 2.24) is 5.43 Å². The zero-order chi connectivity index (χ0) is 12.1. The highest BCUT2D eigenvalue weighted by Crippen LogP contribution is 2.14. The summed E-state index contributed by atoms with van der Waals surface area (Å²) in [6.45, 7) is 2.12. The molecular formula is C12H12N2OS2. The van der Waals surface area contributed by atoms with E-state index in [-0.39, 0.29) is 5.91 Å². The SMILES string of the molecule is CCc1ccc(C=NNC(=O)c2cccs2)s1. The summed E-state index contributed by atoms with van der Waals surface area (Å²) in [6, 6.07) is 7.70. The van der Waals surface area contributed by atoms with Gasteiger partial charge in [0.05, 0.1) is 11.1 Å². The Kier molecular flexibility index (Phi) is 4.06. The first-order chi connectivity index (χ1) is 8.29. The molecule has 5 heteroatoms. The molecule has 0 saturated heterocycles. The highest BCUT2D eigenvalue weighted by atomic mass is 32.1. The molecule has 88 valence electrons. The maximum absolute atomic E-state index is 11.5. The molecule has 2 aromatic heterocycles. The van der Waals surface area contributed by atoms with Crippen molar-refractivity contribution in [1.29, 1.82) is 0 Å². The van der Waals surface area contributed by atoms with Crippen molar-refractivity contribution in [2.45, 2.75) is 13.3 Å². The van der Waals surface area contributed by atoms with Crippen molar-refractivity contribution in [2.75, 3.05) is 0 Å². The third kappa shape index (κ3) is 3.25. The van der Waals surface area contributed by atoms with Crippen LogP contribution in [0.4, 0.5) is 0 Å². The Morgan fingerprint density at radius 2 is 2.35 bits per heavy atom. The topological polar surface area (TPSA) is 41.5 Å². The molecule has 1 N–H and O–H groups in total. The molecule has 0 aliphatic heterocycles. The van der Waals surface area contributed by atoms with Gasteiger partial charge >= 0.3 is 0 Å². The fourth-order valence-electron chi connectivity index (χ4n) is 1.27. The van der Waals surface area contributed by atoms with Gasteiger partial charge in [-0.3, -0.25) is 4.79 Å². The Balaban J connectivity index is 1.91. The van der Waals surface area contributed by atoms with E-state index in [0.29, 0.717) is 4.88 Å². The van der Waals surface area contributed by atoms with E-state index in [2.05, 4.69) is 23.5 Å². The van der Waals surface area contributed by atoms with Crippen molar-refractivity contribution in [3.63, 3.8) is 0 Å². The van der Waals surface area contributed by atoms with Gasteiger partial charge in [0.25, 0.3) is 5.91 Å². The highest BCUT2D eigenvalue weighted by molar-refractivity contribution is 7.13. The van der Waals surface area contributed by atoms with E-state index in [0.717, 1.165) is 11.3 Å². The lowest BCUT2D eigenvalue weighted by molar-refractivity contribution is 0.0959. The lowest BCUT2D eigenvalue weighted by Gasteiger charge is -1.94. The van der Waals surface area contributed by atoms with Gasteiger partial charge in [-0.25, -0.2) is 5.43 Å². The summed E-state index contributed by atoms with van der Waals surface area (Å²) in [4.78, 5) is 14.6. The van der Waals surface area contributed by atoms with Crippen LogP contribution >= 0.6 is 22.7 Å². The first kappa shape index (κ1) is 12.0. The number of aryl methyl sites for hydroxylation is 1. The molecule has 0 spiro atoms. The monoisotopic (exact) mass is 264 g/mol. The number of nitrogens with zero attached hydrogens (tertiary/aromatic N) is 1. The van der Waals surface area contributed by atoms with Gasteiger partial charge in [0.1, 0.15) is 0 Å². The van der Waals surface area contributed by atoms with E-state index < -0.39 is 0 Å². The van der Waals surface area contributed by atoms with Crippen LogP contribution in [0.2, 0.25) is 0 Å². The summed E-state index contributed by atoms with van der Waals surface area (Å²) in [6.07, 6.45) is 2.70. The first-order valence-electron chi connectivity index (χ1n) is 5.25. The molecule has 0 aliphatic rings. The van der Waals surface area contributed by atoms with Gasteiger partial charge in [0, 0.05) is 9.75 Å². The lowest BCUT2D eigenvalue weighted by Crippen LogP contribution is -2.15. The van der Waals surface area contributed by atoms with Gasteiger partial charge in [0.2, 0.25) is 0 Å². The second-order valence-corrected chi connectivity index (χ2v) is 5.48. The highest BCUT2D eigenvalue weighted by Gasteiger charge is 2.03. The zero-order valence-electron chi connectivity index (χ0n) is 9.34. The van der Waals surface area contributed by atoms with Crippen molar-refractivity contribution in [3.05, 3.63) is 44.3 Å². The van der Waals surface area contributed by atoms with Crippen LogP contribution < -0.4 is 5.43 Å². The molecular weight excluding hydrogens is 252 g/mol. The Morgan fingerprint density at radius 3 is 3.00 bits per heavy atom. The molecule has 0 radical (unpaired) electrons. The molecule has 0 saturated carbocycles. The van der Waals surface area contributed by atoms with Crippen molar-refractivity contribution >= 4 is 34.8 Å². The molecule has 2 aromatic rings. The van der Waals surface area contributed by atoms with Crippen LogP contribution in [0.25, 0.3) is 0 Å². The Morgan fingerprint density at radius 1 is 1.47 bits per heavy atom. The third-order valence-electron chi connectivity index (χ3n) is 2.13. The number of nitrogens with one attached hydrogen (secondary N) is 1. The van der Waals surface area contributed by atoms with Gasteiger partial charge in [-0.1, -0.05) is 13.0 Å². The van der Waals surface area contributed by atoms with Gasteiger partial charge in [-0.05, 0) is 30.0 Å². The predicted molar refractivity (Wildman–Crippen MR) is 73.1 cm³/mol. The van der Waals surface area contributed by atoms with Crippen molar-refractivity contribution < 1.29 is 4.79 Å². The van der Waals surface area contributed by atoms with Crippen LogP contribution in [-0.4, -0.2) is 12.1 Å². The number of thiophene rings is 2. The van der Waals surface area contributed by atoms with Gasteiger partial charge in [-0.15, -0.1) is 22.7 Å². The van der Waals surface area contributed by atoms with Crippen LogP contribution in [-0.2, 0) is 6.42 Å². The largest absolute Gasteiger partial charge is 0.281 e. The number of carbonyl (C=O) groups excluding carboxylic acids is 1. The third-order valence-corrected chi connectivity index (χ3v) is 4.17. The van der Waals surface area contributed by atoms with Gasteiger partial charge in [-0.2, -0.15) is 5.10 Å². The molecule has 0 bridgehead atoms. The number of hydrazone groups is 1. The number of rotatable bonds is 4. The summed E-state index contributed by atoms with van der Waals surface area (Å²) in [5.74, 6) is -0.163. The average molecular weight is 264 g/mol. The number of hydrogen-bond donors (Lipinski definition) is 1. The van der Waals surface area contributed by atoms with Crippen LogP contribution in [0.1, 0.15) is 26.3 Å². The maximum atomic E-state index is 11.5. The van der Waals surface area contributed by atoms with E-state index in [9.17, 15) is 4.79 Å². The minimum absolute atomic E-state index is 0.163. The van der Waals surface area contributed by atoms with Gasteiger partial charge in [0.15, 0.2) is 0 Å². The second kappa shape index (κ2) is 5.75. The minimum Gasteiger partial charge on any atom is -0.266 e. The summed E-state index contributed by atoms with van der Waals surface area (Å²) in [5.41, 5.74) is 2.51. The smallest absolute Gasteiger partial charge is 0.266 e. The number of amides is 1. The molecule has 1 amide bonds. The lowest BCUT2D eigenvalue weighted by atomic mass is 10.4. The van der Waals surface area contributed by atoms with Crippen LogP contribution in [0.3, 0.4) is 0 Å². The molecule has 0 aliphatic carbocycles. The summed E-state index contributed by atoms with van der Waals surface area (Å²) < 4.78 is 0. The molecule has 0 aromatic carbocycles. The quantitative estimate of drug-likeness (QED) is 0.669. The fraction of sp³-hybridized carbons (Fsp3) is 0.167. The van der Waals surface area contributed by atoms with Crippen LogP contribution in [0.5, 0.6) is 0 Å². The van der Waals surface area contributed by atoms with Crippen molar-refractivity contribution in [2.24, 2.45) is 5.10 Å². The number of carbonyl (C=O) groups is 1. The van der Waals surface area contributed by atoms with Crippen molar-refractivity contribution in [3.8, 4) is 0 Å². The second-order valence-electron chi connectivity index (χ2n) is 3.33. The molecule has 17 heavy (non-hydrogen) atoms. The molecule has 3 nitrogen and oxygen atoms in total. The average Bonchev–Trinajstić information content (AvgIpc) is 3.00. The van der Waals surface area contributed by atoms with Crippen LogP contribution in [0, 0.1) is 0 Å². The maximum Gasteiger partial charge on any atom is 0.281 e. The molecule has 0 fully saturated rings. The van der Waals surface area contributed by atoms with Crippen LogP contribution in [0.15, 0.2) is 34.7 Å². The van der Waals surface area contributed by atoms with Gasteiger partial charge < -0.3 is 0 Å². The van der Waals surface area contributed by atoms with E-state index >= 15 is 0 Å². The summed E-state index contributed by atoms with van der Waals surface area (Å²) in [5, 5.41) is 5.80. The predicted octanol–water partition coefficient (Wildman–Crippen LogP) is 3.14. The Bertz CT molecular complexity index is 514. The number of hydrogen-bond acceptors (Lipinski definition) is 4. The molecule has 2 rings (SSSR count). The van der Waals surface area contributed by atoms with E-state index in [1.54, 1.807) is 23.6 Å². The molecule has 2 heterocycles. The van der Waals surface area contributed by atoms with E-state index in [4.69, 9.17) is 0 Å². The Labute approximate surface area is 108 Å².